The van der Waals surface area contributed by atoms with E-state index in [-0.39, 0.29) is 5.91 Å². The number of pyridine rings is 1. The molecule has 25 heavy (non-hydrogen) atoms. The highest BCUT2D eigenvalue weighted by molar-refractivity contribution is 6.30. The van der Waals surface area contributed by atoms with Crippen molar-refractivity contribution in [2.75, 3.05) is 18.4 Å². The molecule has 0 radical (unpaired) electrons. The first-order chi connectivity index (χ1) is 12.1. The maximum absolute atomic E-state index is 12.8. The summed E-state index contributed by atoms with van der Waals surface area (Å²) in [5, 5.41) is 4.82. The summed E-state index contributed by atoms with van der Waals surface area (Å²) in [5.74, 6) is 0.668. The lowest BCUT2D eigenvalue weighted by Crippen LogP contribution is -2.28. The number of amides is 1. The van der Waals surface area contributed by atoms with Gasteiger partial charge in [0, 0.05) is 41.6 Å². The van der Waals surface area contributed by atoms with Gasteiger partial charge in [0.25, 0.3) is 5.91 Å². The molecule has 0 aliphatic carbocycles. The lowest BCUT2D eigenvalue weighted by atomic mass is 10.1. The van der Waals surface area contributed by atoms with Crippen molar-refractivity contribution in [3.8, 4) is 0 Å². The average molecular weight is 353 g/mol. The Kier molecular flexibility index (Phi) is 3.93. The molecule has 0 spiro atoms. The third-order valence-corrected chi connectivity index (χ3v) is 4.56. The van der Waals surface area contributed by atoms with Gasteiger partial charge in [-0.1, -0.05) is 29.8 Å². The number of fused-ring (bicyclic) bond motifs is 1. The highest BCUT2D eigenvalue weighted by Gasteiger charge is 2.22. The van der Waals surface area contributed by atoms with Crippen LogP contribution in [0.2, 0.25) is 5.02 Å². The third kappa shape index (κ3) is 2.87. The molecule has 3 aromatic rings. The Bertz CT molecular complexity index is 984. The number of hydrogen-bond acceptors (Lipinski definition) is 3. The number of nitrogens with zero attached hydrogens (tertiary/aromatic N) is 2. The Morgan fingerprint density at radius 3 is 2.88 bits per heavy atom. The number of halogens is 1. The number of aryl methyl sites for hydroxylation is 1. The number of rotatable bonds is 3. The summed E-state index contributed by atoms with van der Waals surface area (Å²) in [4.78, 5) is 22.3. The van der Waals surface area contributed by atoms with Crippen LogP contribution in [0.1, 0.15) is 15.9 Å². The predicted octanol–water partition coefficient (Wildman–Crippen LogP) is 4.28. The highest BCUT2D eigenvalue weighted by atomic mass is 35.5. The number of anilines is 2. The van der Waals surface area contributed by atoms with E-state index in [4.69, 9.17) is 11.6 Å². The molecule has 1 aliphatic heterocycles. The second-order valence-electron chi connectivity index (χ2n) is 6.06. The molecule has 5 nitrogen and oxygen atoms in total. The van der Waals surface area contributed by atoms with Crippen molar-refractivity contribution in [1.82, 2.24) is 14.9 Å². The summed E-state index contributed by atoms with van der Waals surface area (Å²) in [6, 6.07) is 7.45. The molecule has 6 heteroatoms. The molecule has 126 valence electrons. The molecular weight excluding hydrogens is 336 g/mol. The molecule has 1 aromatic carbocycles. The van der Waals surface area contributed by atoms with E-state index in [1.54, 1.807) is 11.1 Å². The van der Waals surface area contributed by atoms with Crippen LogP contribution in [-0.2, 0) is 0 Å². The van der Waals surface area contributed by atoms with Crippen molar-refractivity contribution >= 4 is 39.9 Å². The zero-order valence-corrected chi connectivity index (χ0v) is 14.5. The topological polar surface area (TPSA) is 61.0 Å². The first kappa shape index (κ1) is 15.7. The second-order valence-corrected chi connectivity index (χ2v) is 6.50. The standard InChI is InChI=1S/C19H17ClN4O/c1-12-10-21-17-16(12)15(19(25)24-7-2-3-8-24)11-22-18(17)23-14-6-4-5-13(20)9-14/h2-6,9-11,21H,7-8H2,1H3,(H,22,23). The number of hydrogen-bond donors (Lipinski definition) is 2. The van der Waals surface area contributed by atoms with E-state index in [1.165, 1.54) is 0 Å². The number of benzene rings is 1. The quantitative estimate of drug-likeness (QED) is 0.691. The maximum atomic E-state index is 12.8. The largest absolute Gasteiger partial charge is 0.358 e. The Morgan fingerprint density at radius 1 is 1.32 bits per heavy atom. The van der Waals surface area contributed by atoms with Gasteiger partial charge in [0.05, 0.1) is 11.1 Å². The summed E-state index contributed by atoms with van der Waals surface area (Å²) in [7, 11) is 0. The van der Waals surface area contributed by atoms with E-state index >= 15 is 0 Å². The Morgan fingerprint density at radius 2 is 2.12 bits per heavy atom. The summed E-state index contributed by atoms with van der Waals surface area (Å²) in [5.41, 5.74) is 3.29. The number of aromatic amines is 1. The van der Waals surface area contributed by atoms with Gasteiger partial charge in [0.1, 0.15) is 0 Å². The van der Waals surface area contributed by atoms with Crippen LogP contribution in [0.25, 0.3) is 10.9 Å². The minimum atomic E-state index is -0.000458. The van der Waals surface area contributed by atoms with Gasteiger partial charge in [-0.2, -0.15) is 0 Å². The fourth-order valence-corrected chi connectivity index (χ4v) is 3.28. The van der Waals surface area contributed by atoms with E-state index in [0.29, 0.717) is 29.5 Å². The van der Waals surface area contributed by atoms with Crippen molar-refractivity contribution in [1.29, 1.82) is 0 Å². The summed E-state index contributed by atoms with van der Waals surface area (Å²) >= 11 is 6.05. The van der Waals surface area contributed by atoms with Crippen molar-refractivity contribution < 1.29 is 4.79 Å². The molecule has 2 aromatic heterocycles. The molecular formula is C19H17ClN4O. The van der Waals surface area contributed by atoms with Crippen LogP contribution in [0.4, 0.5) is 11.5 Å². The van der Waals surface area contributed by atoms with Crippen LogP contribution in [0.5, 0.6) is 0 Å². The molecule has 0 saturated heterocycles. The molecule has 0 saturated carbocycles. The average Bonchev–Trinajstić information content (AvgIpc) is 3.25. The zero-order valence-electron chi connectivity index (χ0n) is 13.7. The van der Waals surface area contributed by atoms with Crippen molar-refractivity contribution in [2.45, 2.75) is 6.92 Å². The summed E-state index contributed by atoms with van der Waals surface area (Å²) < 4.78 is 0. The third-order valence-electron chi connectivity index (χ3n) is 4.33. The van der Waals surface area contributed by atoms with Gasteiger partial charge >= 0.3 is 0 Å². The first-order valence-corrected chi connectivity index (χ1v) is 8.45. The lowest BCUT2D eigenvalue weighted by Gasteiger charge is -2.17. The number of carbonyl (C=O) groups is 1. The van der Waals surface area contributed by atoms with Crippen LogP contribution in [0.15, 0.2) is 48.8 Å². The first-order valence-electron chi connectivity index (χ1n) is 8.07. The van der Waals surface area contributed by atoms with Crippen LogP contribution < -0.4 is 5.32 Å². The zero-order chi connectivity index (χ0) is 17.4. The van der Waals surface area contributed by atoms with Crippen LogP contribution in [-0.4, -0.2) is 33.9 Å². The smallest absolute Gasteiger partial charge is 0.256 e. The predicted molar refractivity (Wildman–Crippen MR) is 101 cm³/mol. The molecule has 0 fully saturated rings. The van der Waals surface area contributed by atoms with Crippen LogP contribution >= 0.6 is 11.6 Å². The Balaban J connectivity index is 1.76. The van der Waals surface area contributed by atoms with E-state index in [0.717, 1.165) is 22.2 Å². The van der Waals surface area contributed by atoms with Crippen LogP contribution in [0.3, 0.4) is 0 Å². The van der Waals surface area contributed by atoms with Gasteiger partial charge in [-0.25, -0.2) is 4.98 Å². The Hall–Kier alpha value is -2.79. The highest BCUT2D eigenvalue weighted by Crippen LogP contribution is 2.30. The lowest BCUT2D eigenvalue weighted by molar-refractivity contribution is 0.0801. The maximum Gasteiger partial charge on any atom is 0.256 e. The fraction of sp³-hybridized carbons (Fsp3) is 0.158. The van der Waals surface area contributed by atoms with Gasteiger partial charge in [-0.3, -0.25) is 4.79 Å². The molecule has 0 bridgehead atoms. The van der Waals surface area contributed by atoms with E-state index in [1.807, 2.05) is 49.5 Å². The van der Waals surface area contributed by atoms with Gasteiger partial charge < -0.3 is 15.2 Å². The fourth-order valence-electron chi connectivity index (χ4n) is 3.09. The number of aromatic nitrogens is 2. The minimum absolute atomic E-state index is 0.000458. The molecule has 4 rings (SSSR count). The molecule has 1 amide bonds. The number of nitrogens with one attached hydrogen (secondary N) is 2. The molecule has 3 heterocycles. The Labute approximate surface area is 150 Å². The van der Waals surface area contributed by atoms with Crippen LogP contribution in [0, 0.1) is 6.92 Å². The van der Waals surface area contributed by atoms with Gasteiger partial charge in [-0.05, 0) is 30.7 Å². The number of carbonyl (C=O) groups excluding carboxylic acids is 1. The monoisotopic (exact) mass is 352 g/mol. The normalized spacial score (nSPS) is 13.6. The van der Waals surface area contributed by atoms with Gasteiger partial charge in [0.2, 0.25) is 0 Å². The second kappa shape index (κ2) is 6.26. The summed E-state index contributed by atoms with van der Waals surface area (Å²) in [6.45, 7) is 3.28. The summed E-state index contributed by atoms with van der Waals surface area (Å²) in [6.07, 6.45) is 7.55. The van der Waals surface area contributed by atoms with E-state index in [2.05, 4.69) is 15.3 Å². The van der Waals surface area contributed by atoms with Crippen molar-refractivity contribution in [3.63, 3.8) is 0 Å². The van der Waals surface area contributed by atoms with E-state index < -0.39 is 0 Å². The van der Waals surface area contributed by atoms with Crippen molar-refractivity contribution in [3.05, 3.63) is 65.0 Å². The molecule has 2 N–H and O–H groups in total. The molecule has 0 unspecified atom stereocenters. The molecule has 1 aliphatic rings. The molecule has 0 atom stereocenters. The van der Waals surface area contributed by atoms with Crippen molar-refractivity contribution in [2.24, 2.45) is 0 Å². The number of H-pyrrole nitrogens is 1. The SMILES string of the molecule is Cc1c[nH]c2c(Nc3cccc(Cl)c3)ncc(C(=O)N3CC=CC3)c12. The van der Waals surface area contributed by atoms with Gasteiger partial charge in [-0.15, -0.1) is 0 Å². The minimum Gasteiger partial charge on any atom is -0.358 e. The van der Waals surface area contributed by atoms with Gasteiger partial charge in [0.15, 0.2) is 5.82 Å². The van der Waals surface area contributed by atoms with E-state index in [9.17, 15) is 4.79 Å².